The number of carbonyl (C=O) groups is 1. The molecule has 1 aromatic heterocycles. The van der Waals surface area contributed by atoms with E-state index in [1.807, 2.05) is 60.7 Å². The van der Waals surface area contributed by atoms with Crippen LogP contribution in [-0.4, -0.2) is 10.9 Å². The number of benzene rings is 3. The monoisotopic (exact) mass is 414 g/mol. The third kappa shape index (κ3) is 4.51. The summed E-state index contributed by atoms with van der Waals surface area (Å²) in [5.74, 6) is -0.322. The smallest absolute Gasteiger partial charge is 0.343 e. The quantitative estimate of drug-likeness (QED) is 0.421. The van der Waals surface area contributed by atoms with Crippen LogP contribution in [0.5, 0.6) is 11.5 Å². The lowest BCUT2D eigenvalue weighted by atomic mass is 9.87. The van der Waals surface area contributed by atoms with Crippen molar-refractivity contribution in [3.05, 3.63) is 106 Å². The number of carbonyl (C=O) groups excluding carboxylic acids is 1. The SMILES string of the molecule is CC(=O)CC(c1ccccc1)c1c(O)c2ccc(OCc3ccccc3)cc2oc1=O. The lowest BCUT2D eigenvalue weighted by Crippen LogP contribution is -2.16. The van der Waals surface area contributed by atoms with Gasteiger partial charge in [-0.2, -0.15) is 0 Å². The van der Waals surface area contributed by atoms with Crippen molar-refractivity contribution in [2.45, 2.75) is 25.9 Å². The van der Waals surface area contributed by atoms with Gasteiger partial charge < -0.3 is 14.3 Å². The van der Waals surface area contributed by atoms with Crippen molar-refractivity contribution in [3.63, 3.8) is 0 Å². The summed E-state index contributed by atoms with van der Waals surface area (Å²) in [6.07, 6.45) is 0.0894. The molecule has 0 aliphatic heterocycles. The molecular formula is C26H22O5. The molecule has 0 saturated carbocycles. The zero-order valence-electron chi connectivity index (χ0n) is 17.1. The van der Waals surface area contributed by atoms with Crippen LogP contribution < -0.4 is 10.4 Å². The highest BCUT2D eigenvalue weighted by atomic mass is 16.5. The maximum absolute atomic E-state index is 12.9. The summed E-state index contributed by atoms with van der Waals surface area (Å²) in [5.41, 5.74) is 1.43. The van der Waals surface area contributed by atoms with Crippen molar-refractivity contribution in [1.82, 2.24) is 0 Å². The first kappa shape index (κ1) is 20.4. The number of aromatic hydroxyl groups is 1. The van der Waals surface area contributed by atoms with E-state index in [0.717, 1.165) is 11.1 Å². The van der Waals surface area contributed by atoms with Crippen molar-refractivity contribution < 1.29 is 19.1 Å². The topological polar surface area (TPSA) is 76.7 Å². The zero-order valence-corrected chi connectivity index (χ0v) is 17.1. The van der Waals surface area contributed by atoms with Gasteiger partial charge in [-0.15, -0.1) is 0 Å². The average Bonchev–Trinajstić information content (AvgIpc) is 2.78. The molecule has 1 heterocycles. The molecular weight excluding hydrogens is 392 g/mol. The molecule has 5 nitrogen and oxygen atoms in total. The molecule has 156 valence electrons. The van der Waals surface area contributed by atoms with E-state index >= 15 is 0 Å². The van der Waals surface area contributed by atoms with Crippen LogP contribution in [0.15, 0.2) is 88.1 Å². The number of ether oxygens (including phenoxy) is 1. The fourth-order valence-corrected chi connectivity index (χ4v) is 3.68. The third-order valence-electron chi connectivity index (χ3n) is 5.18. The second-order valence-corrected chi connectivity index (χ2v) is 7.45. The first-order chi connectivity index (χ1) is 15.0. The van der Waals surface area contributed by atoms with Gasteiger partial charge in [0.2, 0.25) is 0 Å². The van der Waals surface area contributed by atoms with E-state index < -0.39 is 11.5 Å². The second kappa shape index (κ2) is 8.88. The minimum Gasteiger partial charge on any atom is -0.507 e. The van der Waals surface area contributed by atoms with Gasteiger partial charge in [-0.05, 0) is 30.2 Å². The molecule has 0 aliphatic carbocycles. The van der Waals surface area contributed by atoms with Crippen LogP contribution in [0.3, 0.4) is 0 Å². The highest BCUT2D eigenvalue weighted by Gasteiger charge is 2.26. The first-order valence-electron chi connectivity index (χ1n) is 10.0. The molecule has 0 saturated heterocycles. The van der Waals surface area contributed by atoms with Gasteiger partial charge in [-0.1, -0.05) is 60.7 Å². The Morgan fingerprint density at radius 1 is 1.00 bits per heavy atom. The van der Waals surface area contributed by atoms with E-state index in [-0.39, 0.29) is 29.1 Å². The highest BCUT2D eigenvalue weighted by molar-refractivity contribution is 5.86. The van der Waals surface area contributed by atoms with Crippen LogP contribution in [0.4, 0.5) is 0 Å². The molecule has 0 fully saturated rings. The summed E-state index contributed by atoms with van der Waals surface area (Å²) in [6.45, 7) is 1.83. The molecule has 1 unspecified atom stereocenters. The number of fused-ring (bicyclic) bond motifs is 1. The normalized spacial score (nSPS) is 11.9. The number of hydrogen-bond acceptors (Lipinski definition) is 5. The zero-order chi connectivity index (χ0) is 21.8. The summed E-state index contributed by atoms with van der Waals surface area (Å²) < 4.78 is 11.3. The molecule has 0 radical (unpaired) electrons. The molecule has 5 heteroatoms. The number of ketones is 1. The Morgan fingerprint density at radius 3 is 2.35 bits per heavy atom. The van der Waals surface area contributed by atoms with E-state index in [4.69, 9.17) is 9.15 Å². The van der Waals surface area contributed by atoms with Gasteiger partial charge in [0.15, 0.2) is 0 Å². The molecule has 1 N–H and O–H groups in total. The summed E-state index contributed by atoms with van der Waals surface area (Å²) in [4.78, 5) is 24.8. The number of Topliss-reactive ketones (excluding diaryl/α,β-unsaturated/α-hetero) is 1. The maximum Gasteiger partial charge on any atom is 0.343 e. The molecule has 0 spiro atoms. The highest BCUT2D eigenvalue weighted by Crippen LogP contribution is 2.37. The molecule has 3 aromatic carbocycles. The second-order valence-electron chi connectivity index (χ2n) is 7.45. The minimum absolute atomic E-state index is 0.0857. The van der Waals surface area contributed by atoms with Gasteiger partial charge >= 0.3 is 5.63 Å². The largest absolute Gasteiger partial charge is 0.507 e. The Kier molecular flexibility index (Phi) is 5.85. The Balaban J connectivity index is 1.72. The van der Waals surface area contributed by atoms with Crippen LogP contribution in [0.2, 0.25) is 0 Å². The van der Waals surface area contributed by atoms with Crippen LogP contribution in [0, 0.1) is 0 Å². The molecule has 1 atom stereocenters. The van der Waals surface area contributed by atoms with Crippen LogP contribution in [0.25, 0.3) is 11.0 Å². The molecule has 0 aliphatic rings. The molecule has 0 bridgehead atoms. The maximum atomic E-state index is 12.9. The predicted octanol–water partition coefficient (Wildman–Crippen LogP) is 5.19. The van der Waals surface area contributed by atoms with Gasteiger partial charge in [0, 0.05) is 18.4 Å². The lowest BCUT2D eigenvalue weighted by Gasteiger charge is -2.17. The van der Waals surface area contributed by atoms with Crippen LogP contribution in [0.1, 0.15) is 36.0 Å². The Morgan fingerprint density at radius 2 is 1.68 bits per heavy atom. The van der Waals surface area contributed by atoms with Gasteiger partial charge in [-0.25, -0.2) is 4.79 Å². The standard InChI is InChI=1S/C26H22O5/c1-17(27)14-22(19-10-6-3-7-11-19)24-25(28)21-13-12-20(15-23(21)31-26(24)29)30-16-18-8-4-2-5-9-18/h2-13,15,22,28H,14,16H2,1H3. The Hall–Kier alpha value is -3.86. The van der Waals surface area contributed by atoms with Crippen LogP contribution in [-0.2, 0) is 11.4 Å². The number of hydrogen-bond donors (Lipinski definition) is 1. The Bertz CT molecular complexity index is 1260. The summed E-state index contributed by atoms with van der Waals surface area (Å²) >= 11 is 0. The Labute approximate surface area is 179 Å². The summed E-state index contributed by atoms with van der Waals surface area (Å²) in [5, 5.41) is 11.4. The van der Waals surface area contributed by atoms with Gasteiger partial charge in [0.05, 0.1) is 10.9 Å². The fraction of sp³-hybridized carbons (Fsp3) is 0.154. The van der Waals surface area contributed by atoms with Gasteiger partial charge in [-0.3, -0.25) is 4.79 Å². The number of rotatable bonds is 7. The molecule has 4 rings (SSSR count). The molecule has 0 amide bonds. The average molecular weight is 414 g/mol. The van der Waals surface area contributed by atoms with E-state index in [1.165, 1.54) is 6.92 Å². The fourth-order valence-electron chi connectivity index (χ4n) is 3.68. The first-order valence-corrected chi connectivity index (χ1v) is 10.0. The lowest BCUT2D eigenvalue weighted by molar-refractivity contribution is -0.117. The summed E-state index contributed by atoms with van der Waals surface area (Å²) in [6, 6.07) is 23.9. The van der Waals surface area contributed by atoms with E-state index in [1.54, 1.807) is 18.2 Å². The van der Waals surface area contributed by atoms with Crippen molar-refractivity contribution in [3.8, 4) is 11.5 Å². The van der Waals surface area contributed by atoms with E-state index in [9.17, 15) is 14.7 Å². The van der Waals surface area contributed by atoms with Gasteiger partial charge in [0.1, 0.15) is 29.5 Å². The molecule has 31 heavy (non-hydrogen) atoms. The van der Waals surface area contributed by atoms with Crippen molar-refractivity contribution in [2.75, 3.05) is 0 Å². The van der Waals surface area contributed by atoms with Gasteiger partial charge in [0.25, 0.3) is 0 Å². The minimum atomic E-state index is -0.666. The van der Waals surface area contributed by atoms with Crippen LogP contribution >= 0.6 is 0 Å². The molecule has 4 aromatic rings. The van der Waals surface area contributed by atoms with Crippen molar-refractivity contribution >= 4 is 16.8 Å². The summed E-state index contributed by atoms with van der Waals surface area (Å²) in [7, 11) is 0. The third-order valence-corrected chi connectivity index (χ3v) is 5.18. The van der Waals surface area contributed by atoms with Crippen molar-refractivity contribution in [2.24, 2.45) is 0 Å². The predicted molar refractivity (Wildman–Crippen MR) is 119 cm³/mol. The van der Waals surface area contributed by atoms with E-state index in [0.29, 0.717) is 17.7 Å². The van der Waals surface area contributed by atoms with Crippen molar-refractivity contribution in [1.29, 1.82) is 0 Å². The van der Waals surface area contributed by atoms with E-state index in [2.05, 4.69) is 0 Å².